The van der Waals surface area contributed by atoms with Gasteiger partial charge in [0.05, 0.1) is 39.3 Å². The smallest absolute Gasteiger partial charge is 0.322 e. The summed E-state index contributed by atoms with van der Waals surface area (Å²) in [6.07, 6.45) is 2.55. The number of anilines is 2. The minimum absolute atomic E-state index is 0.0399. The summed E-state index contributed by atoms with van der Waals surface area (Å²) in [6, 6.07) is 3.14. The van der Waals surface area contributed by atoms with Crippen molar-refractivity contribution >= 4 is 34.1 Å². The molecule has 1 fully saturated rings. The number of hydrogen-bond donors (Lipinski definition) is 2. The van der Waals surface area contributed by atoms with Crippen LogP contribution < -0.4 is 24.8 Å². The van der Waals surface area contributed by atoms with Gasteiger partial charge in [-0.05, 0) is 12.8 Å². The molecule has 1 aromatic heterocycles. The van der Waals surface area contributed by atoms with Crippen LogP contribution >= 0.6 is 11.3 Å². The summed E-state index contributed by atoms with van der Waals surface area (Å²) >= 11 is 1.43. The maximum Gasteiger partial charge on any atom is 0.322 e. The number of thiazole rings is 1. The number of methoxy groups -OCH3 is 3. The molecule has 1 saturated carbocycles. The second-order valence-electron chi connectivity index (χ2n) is 7.17. The minimum atomic E-state index is -0.230. The van der Waals surface area contributed by atoms with Crippen LogP contribution in [0.5, 0.6) is 17.2 Å². The molecule has 1 aliphatic carbocycles. The highest BCUT2D eigenvalue weighted by atomic mass is 32.1. The van der Waals surface area contributed by atoms with Crippen molar-refractivity contribution in [2.75, 3.05) is 38.5 Å². The Kier molecular flexibility index (Phi) is 5.67. The number of aromatic nitrogens is 1. The SMILES string of the molecule is COc1cc(NC(=O)N2CCc3nc(NC(=O)C4CC4)sc3C2)cc(OC)c1OC. The Hall–Kier alpha value is -3.01. The summed E-state index contributed by atoms with van der Waals surface area (Å²) in [5, 5.41) is 6.40. The van der Waals surface area contributed by atoms with Crippen molar-refractivity contribution in [1.29, 1.82) is 0 Å². The highest BCUT2D eigenvalue weighted by Crippen LogP contribution is 2.40. The van der Waals surface area contributed by atoms with Gasteiger partial charge in [0.2, 0.25) is 11.7 Å². The van der Waals surface area contributed by atoms with Gasteiger partial charge in [0, 0.05) is 35.9 Å². The van der Waals surface area contributed by atoms with Gasteiger partial charge in [-0.25, -0.2) is 9.78 Å². The highest BCUT2D eigenvalue weighted by Gasteiger charge is 2.31. The fourth-order valence-corrected chi connectivity index (χ4v) is 4.36. The van der Waals surface area contributed by atoms with Crippen molar-refractivity contribution in [3.8, 4) is 17.2 Å². The average Bonchev–Trinajstić information content (AvgIpc) is 3.53. The first-order valence-electron chi connectivity index (χ1n) is 9.67. The number of nitrogens with zero attached hydrogens (tertiary/aromatic N) is 2. The number of benzene rings is 1. The van der Waals surface area contributed by atoms with Gasteiger partial charge in [-0.15, -0.1) is 0 Å². The second-order valence-corrected chi connectivity index (χ2v) is 8.25. The van der Waals surface area contributed by atoms with Gasteiger partial charge in [-0.3, -0.25) is 4.79 Å². The molecule has 3 amide bonds. The molecule has 0 unspecified atom stereocenters. The molecule has 2 aliphatic rings. The number of amides is 3. The molecule has 30 heavy (non-hydrogen) atoms. The summed E-state index contributed by atoms with van der Waals surface area (Å²) < 4.78 is 16.0. The number of carbonyl (C=O) groups excluding carboxylic acids is 2. The van der Waals surface area contributed by atoms with Crippen molar-refractivity contribution in [2.45, 2.75) is 25.8 Å². The van der Waals surface area contributed by atoms with Crippen LogP contribution in [-0.2, 0) is 17.8 Å². The van der Waals surface area contributed by atoms with Gasteiger partial charge in [0.1, 0.15) is 0 Å². The Morgan fingerprint density at radius 2 is 1.80 bits per heavy atom. The largest absolute Gasteiger partial charge is 0.493 e. The molecule has 160 valence electrons. The van der Waals surface area contributed by atoms with E-state index in [1.807, 2.05) is 0 Å². The van der Waals surface area contributed by atoms with Crippen LogP contribution in [0.2, 0.25) is 0 Å². The molecule has 2 aromatic rings. The molecule has 2 heterocycles. The highest BCUT2D eigenvalue weighted by molar-refractivity contribution is 7.15. The lowest BCUT2D eigenvalue weighted by atomic mass is 10.2. The molecule has 0 spiro atoms. The average molecular weight is 433 g/mol. The molecule has 9 nitrogen and oxygen atoms in total. The van der Waals surface area contributed by atoms with E-state index in [1.165, 1.54) is 32.7 Å². The molecule has 10 heteroatoms. The van der Waals surface area contributed by atoms with Crippen LogP contribution in [0.3, 0.4) is 0 Å². The maximum absolute atomic E-state index is 12.8. The molecule has 2 N–H and O–H groups in total. The summed E-state index contributed by atoms with van der Waals surface area (Å²) in [5.41, 5.74) is 1.49. The van der Waals surface area contributed by atoms with Crippen LogP contribution in [-0.4, -0.2) is 49.7 Å². The van der Waals surface area contributed by atoms with Gasteiger partial charge in [-0.1, -0.05) is 11.3 Å². The van der Waals surface area contributed by atoms with Gasteiger partial charge in [0.15, 0.2) is 16.6 Å². The van der Waals surface area contributed by atoms with E-state index >= 15 is 0 Å². The number of ether oxygens (including phenoxy) is 3. The number of hydrogen-bond acceptors (Lipinski definition) is 7. The summed E-state index contributed by atoms with van der Waals surface area (Å²) in [6.45, 7) is 0.992. The fourth-order valence-electron chi connectivity index (χ4n) is 3.33. The van der Waals surface area contributed by atoms with Crippen molar-refractivity contribution < 1.29 is 23.8 Å². The number of nitrogens with one attached hydrogen (secondary N) is 2. The molecule has 0 saturated heterocycles. The van der Waals surface area contributed by atoms with Crippen LogP contribution in [0.25, 0.3) is 0 Å². The quantitative estimate of drug-likeness (QED) is 0.727. The predicted molar refractivity (Wildman–Crippen MR) is 113 cm³/mol. The molecule has 4 rings (SSSR count). The van der Waals surface area contributed by atoms with Crippen LogP contribution in [0, 0.1) is 5.92 Å². The second kappa shape index (κ2) is 8.39. The molecular weight excluding hydrogens is 408 g/mol. The number of rotatable bonds is 6. The van der Waals surface area contributed by atoms with Gasteiger partial charge >= 0.3 is 6.03 Å². The van der Waals surface area contributed by atoms with Crippen molar-refractivity contribution in [3.63, 3.8) is 0 Å². The normalized spacial score (nSPS) is 15.2. The minimum Gasteiger partial charge on any atom is -0.493 e. The van der Waals surface area contributed by atoms with E-state index in [1.54, 1.807) is 17.0 Å². The molecule has 0 bridgehead atoms. The number of urea groups is 1. The Bertz CT molecular complexity index is 947. The molecule has 1 aromatic carbocycles. The van der Waals surface area contributed by atoms with E-state index in [4.69, 9.17) is 14.2 Å². The third-order valence-corrected chi connectivity index (χ3v) is 6.11. The van der Waals surface area contributed by atoms with Crippen LogP contribution in [0.4, 0.5) is 15.6 Å². The Morgan fingerprint density at radius 3 is 2.40 bits per heavy atom. The Balaban J connectivity index is 1.44. The van der Waals surface area contributed by atoms with E-state index in [0.717, 1.165) is 23.4 Å². The molecule has 0 atom stereocenters. The maximum atomic E-state index is 12.8. The van der Waals surface area contributed by atoms with E-state index in [9.17, 15) is 9.59 Å². The fraction of sp³-hybridized carbons (Fsp3) is 0.450. The lowest BCUT2D eigenvalue weighted by Crippen LogP contribution is -2.38. The third-order valence-electron chi connectivity index (χ3n) is 5.11. The topological polar surface area (TPSA) is 102 Å². The van der Waals surface area contributed by atoms with Gasteiger partial charge in [-0.2, -0.15) is 0 Å². The summed E-state index contributed by atoms with van der Waals surface area (Å²) in [5.74, 6) is 1.56. The first kappa shape index (κ1) is 20.3. The van der Waals surface area contributed by atoms with E-state index < -0.39 is 0 Å². The lowest BCUT2D eigenvalue weighted by Gasteiger charge is -2.26. The van der Waals surface area contributed by atoms with E-state index in [0.29, 0.717) is 47.6 Å². The monoisotopic (exact) mass is 432 g/mol. The van der Waals surface area contributed by atoms with Gasteiger partial charge in [0.25, 0.3) is 0 Å². The zero-order valence-electron chi connectivity index (χ0n) is 17.1. The summed E-state index contributed by atoms with van der Waals surface area (Å²) in [4.78, 5) is 32.0. The third kappa shape index (κ3) is 4.13. The van der Waals surface area contributed by atoms with Crippen molar-refractivity contribution in [1.82, 2.24) is 9.88 Å². The zero-order valence-corrected chi connectivity index (χ0v) is 17.9. The Morgan fingerprint density at radius 1 is 1.10 bits per heavy atom. The van der Waals surface area contributed by atoms with Crippen LogP contribution in [0.1, 0.15) is 23.4 Å². The lowest BCUT2D eigenvalue weighted by molar-refractivity contribution is -0.117. The van der Waals surface area contributed by atoms with Gasteiger partial charge < -0.3 is 29.7 Å². The first-order chi connectivity index (χ1) is 14.5. The van der Waals surface area contributed by atoms with E-state index in [-0.39, 0.29) is 17.9 Å². The van der Waals surface area contributed by atoms with E-state index in [2.05, 4.69) is 15.6 Å². The standard InChI is InChI=1S/C20H24N4O5S/c1-27-14-8-12(9-15(28-2)17(14)29-3)21-20(26)24-7-6-13-16(10-24)30-19(22-13)23-18(25)11-4-5-11/h8-9,11H,4-7,10H2,1-3H3,(H,21,26)(H,22,23,25). The summed E-state index contributed by atoms with van der Waals surface area (Å²) in [7, 11) is 4.58. The van der Waals surface area contributed by atoms with Crippen molar-refractivity contribution in [2.24, 2.45) is 5.92 Å². The van der Waals surface area contributed by atoms with Crippen LogP contribution in [0.15, 0.2) is 12.1 Å². The molecule has 1 aliphatic heterocycles. The van der Waals surface area contributed by atoms with Crippen molar-refractivity contribution in [3.05, 3.63) is 22.7 Å². The Labute approximate surface area is 178 Å². The predicted octanol–water partition coefficient (Wildman–Crippen LogP) is 3.11. The zero-order chi connectivity index (χ0) is 21.3. The molecular formula is C20H24N4O5S. The number of fused-ring (bicyclic) bond motifs is 1. The number of carbonyl (C=O) groups is 2. The molecule has 0 radical (unpaired) electrons. The first-order valence-corrected chi connectivity index (χ1v) is 10.5.